The first-order valence-corrected chi connectivity index (χ1v) is 7.09. The standard InChI is InChI=1S/C15H22N4O2/c1-11(12-5-3-2-4-6-12)9-15(13(16)20)10-19(14(17)21)8-7-18-15/h2-6,11,18H,7-10H2,1H3,(H2,16,20)(H2,17,21). The van der Waals surface area contributed by atoms with Crippen LogP contribution in [0, 0.1) is 0 Å². The molecular formula is C15H22N4O2. The second-order valence-corrected chi connectivity index (χ2v) is 5.65. The summed E-state index contributed by atoms with van der Waals surface area (Å²) in [6.07, 6.45) is 0.524. The molecule has 2 atom stereocenters. The van der Waals surface area contributed by atoms with Crippen molar-refractivity contribution in [1.82, 2.24) is 10.2 Å². The van der Waals surface area contributed by atoms with Crippen LogP contribution in [0.1, 0.15) is 24.8 Å². The van der Waals surface area contributed by atoms with Crippen LogP contribution in [0.15, 0.2) is 30.3 Å². The lowest BCUT2D eigenvalue weighted by Crippen LogP contribution is -2.68. The van der Waals surface area contributed by atoms with Crippen molar-refractivity contribution in [2.45, 2.75) is 24.8 Å². The Kier molecular flexibility index (Phi) is 4.47. The third kappa shape index (κ3) is 3.33. The molecule has 2 rings (SSSR count). The Morgan fingerprint density at radius 1 is 1.33 bits per heavy atom. The highest BCUT2D eigenvalue weighted by Gasteiger charge is 2.42. The molecule has 1 fully saturated rings. The maximum atomic E-state index is 12.0. The molecule has 1 heterocycles. The van der Waals surface area contributed by atoms with Crippen LogP contribution in [0.5, 0.6) is 0 Å². The Hall–Kier alpha value is -2.08. The van der Waals surface area contributed by atoms with Crippen molar-refractivity contribution >= 4 is 11.9 Å². The lowest BCUT2D eigenvalue weighted by molar-refractivity contribution is -0.126. The first-order chi connectivity index (χ1) is 9.94. The molecule has 0 radical (unpaired) electrons. The van der Waals surface area contributed by atoms with E-state index < -0.39 is 17.5 Å². The number of hydrogen-bond donors (Lipinski definition) is 3. The van der Waals surface area contributed by atoms with E-state index in [0.717, 1.165) is 5.56 Å². The van der Waals surface area contributed by atoms with Crippen LogP contribution in [0.3, 0.4) is 0 Å². The molecule has 1 aromatic rings. The minimum Gasteiger partial charge on any atom is -0.368 e. The lowest BCUT2D eigenvalue weighted by Gasteiger charge is -2.42. The second kappa shape index (κ2) is 6.13. The van der Waals surface area contributed by atoms with Crippen LogP contribution >= 0.6 is 0 Å². The zero-order valence-electron chi connectivity index (χ0n) is 12.2. The summed E-state index contributed by atoms with van der Waals surface area (Å²) in [5.41, 5.74) is 11.2. The first kappa shape index (κ1) is 15.3. The Balaban J connectivity index is 2.19. The molecule has 1 aliphatic heterocycles. The van der Waals surface area contributed by atoms with Crippen LogP contribution in [-0.2, 0) is 4.79 Å². The zero-order valence-corrected chi connectivity index (χ0v) is 12.2. The third-order valence-corrected chi connectivity index (χ3v) is 4.11. The van der Waals surface area contributed by atoms with E-state index in [1.165, 1.54) is 4.90 Å². The Morgan fingerprint density at radius 2 is 2.00 bits per heavy atom. The van der Waals surface area contributed by atoms with Crippen LogP contribution in [0.4, 0.5) is 4.79 Å². The van der Waals surface area contributed by atoms with Crippen molar-refractivity contribution in [3.8, 4) is 0 Å². The van der Waals surface area contributed by atoms with Gasteiger partial charge in [-0.25, -0.2) is 4.79 Å². The summed E-state index contributed by atoms with van der Waals surface area (Å²) < 4.78 is 0. The lowest BCUT2D eigenvalue weighted by atomic mass is 9.82. The monoisotopic (exact) mass is 290 g/mol. The van der Waals surface area contributed by atoms with Crippen molar-refractivity contribution < 1.29 is 9.59 Å². The van der Waals surface area contributed by atoms with Crippen LogP contribution in [-0.4, -0.2) is 42.0 Å². The summed E-state index contributed by atoms with van der Waals surface area (Å²) in [6, 6.07) is 9.41. The second-order valence-electron chi connectivity index (χ2n) is 5.65. The summed E-state index contributed by atoms with van der Waals surface area (Å²) >= 11 is 0. The molecule has 1 aromatic carbocycles. The van der Waals surface area contributed by atoms with Gasteiger partial charge >= 0.3 is 6.03 Å². The van der Waals surface area contributed by atoms with Gasteiger partial charge in [-0.3, -0.25) is 4.79 Å². The number of rotatable bonds is 4. The van der Waals surface area contributed by atoms with Gasteiger partial charge in [0.25, 0.3) is 0 Å². The van der Waals surface area contributed by atoms with Gasteiger partial charge in [-0.1, -0.05) is 37.3 Å². The number of piperazine rings is 1. The third-order valence-electron chi connectivity index (χ3n) is 4.11. The molecule has 0 saturated carbocycles. The largest absolute Gasteiger partial charge is 0.368 e. The predicted octanol–water partition coefficient (Wildman–Crippen LogP) is 0.388. The molecule has 0 aliphatic carbocycles. The smallest absolute Gasteiger partial charge is 0.314 e. The average molecular weight is 290 g/mol. The van der Waals surface area contributed by atoms with E-state index in [1.54, 1.807) is 0 Å². The van der Waals surface area contributed by atoms with Crippen molar-refractivity contribution in [2.75, 3.05) is 19.6 Å². The number of hydrogen-bond acceptors (Lipinski definition) is 3. The summed E-state index contributed by atoms with van der Waals surface area (Å²) in [7, 11) is 0. The van der Waals surface area contributed by atoms with E-state index in [2.05, 4.69) is 5.32 Å². The number of carbonyl (C=O) groups is 2. The molecule has 0 bridgehead atoms. The SMILES string of the molecule is CC(CC1(C(N)=O)CN(C(N)=O)CCN1)c1ccccc1. The molecule has 1 saturated heterocycles. The van der Waals surface area contributed by atoms with Gasteiger partial charge in [0, 0.05) is 19.6 Å². The number of nitrogens with two attached hydrogens (primary N) is 2. The van der Waals surface area contributed by atoms with E-state index in [9.17, 15) is 9.59 Å². The topological polar surface area (TPSA) is 101 Å². The molecular weight excluding hydrogens is 268 g/mol. The summed E-state index contributed by atoms with van der Waals surface area (Å²) in [5.74, 6) is -0.310. The molecule has 114 valence electrons. The number of nitrogens with zero attached hydrogens (tertiary/aromatic N) is 1. The zero-order chi connectivity index (χ0) is 15.5. The summed E-state index contributed by atoms with van der Waals surface area (Å²) in [5, 5.41) is 3.19. The van der Waals surface area contributed by atoms with Crippen molar-refractivity contribution in [2.24, 2.45) is 11.5 Å². The van der Waals surface area contributed by atoms with Crippen LogP contribution in [0.2, 0.25) is 0 Å². The maximum Gasteiger partial charge on any atom is 0.314 e. The Bertz CT molecular complexity index is 520. The predicted molar refractivity (Wildman–Crippen MR) is 80.6 cm³/mol. The molecule has 0 aromatic heterocycles. The van der Waals surface area contributed by atoms with Crippen LogP contribution in [0.25, 0.3) is 0 Å². The first-order valence-electron chi connectivity index (χ1n) is 7.09. The molecule has 6 heteroatoms. The average Bonchev–Trinajstić information content (AvgIpc) is 2.48. The van der Waals surface area contributed by atoms with Crippen LogP contribution < -0.4 is 16.8 Å². The molecule has 0 spiro atoms. The van der Waals surface area contributed by atoms with E-state index in [1.807, 2.05) is 37.3 Å². The van der Waals surface area contributed by atoms with E-state index >= 15 is 0 Å². The van der Waals surface area contributed by atoms with Gasteiger partial charge in [-0.2, -0.15) is 0 Å². The Labute approximate surface area is 124 Å². The highest BCUT2D eigenvalue weighted by molar-refractivity contribution is 5.86. The van der Waals surface area contributed by atoms with Gasteiger partial charge in [-0.05, 0) is 17.9 Å². The maximum absolute atomic E-state index is 12.0. The fourth-order valence-corrected chi connectivity index (χ4v) is 2.90. The van der Waals surface area contributed by atoms with Gasteiger partial charge in [-0.15, -0.1) is 0 Å². The van der Waals surface area contributed by atoms with Gasteiger partial charge in [0.15, 0.2) is 0 Å². The Morgan fingerprint density at radius 3 is 2.57 bits per heavy atom. The normalized spacial score (nSPS) is 23.6. The van der Waals surface area contributed by atoms with E-state index in [-0.39, 0.29) is 12.5 Å². The highest BCUT2D eigenvalue weighted by Crippen LogP contribution is 2.28. The van der Waals surface area contributed by atoms with Gasteiger partial charge < -0.3 is 21.7 Å². The summed E-state index contributed by atoms with van der Waals surface area (Å²) in [4.78, 5) is 24.9. The van der Waals surface area contributed by atoms with Gasteiger partial charge in [0.2, 0.25) is 5.91 Å². The minimum absolute atomic E-state index is 0.138. The van der Waals surface area contributed by atoms with Crippen molar-refractivity contribution in [1.29, 1.82) is 0 Å². The number of carbonyl (C=O) groups excluding carboxylic acids is 2. The molecule has 3 amide bonds. The highest BCUT2D eigenvalue weighted by atomic mass is 16.2. The van der Waals surface area contributed by atoms with Gasteiger partial charge in [0.1, 0.15) is 5.54 Å². The molecule has 2 unspecified atom stereocenters. The summed E-state index contributed by atoms with van der Waals surface area (Å²) in [6.45, 7) is 3.26. The van der Waals surface area contributed by atoms with Crippen molar-refractivity contribution in [3.63, 3.8) is 0 Å². The number of nitrogens with one attached hydrogen (secondary N) is 1. The van der Waals surface area contributed by atoms with Crippen molar-refractivity contribution in [3.05, 3.63) is 35.9 Å². The molecule has 5 N–H and O–H groups in total. The fraction of sp³-hybridized carbons (Fsp3) is 0.467. The molecule has 1 aliphatic rings. The number of urea groups is 1. The van der Waals surface area contributed by atoms with Gasteiger partial charge in [0.05, 0.1) is 0 Å². The quantitative estimate of drug-likeness (QED) is 0.747. The molecule has 21 heavy (non-hydrogen) atoms. The molecule has 6 nitrogen and oxygen atoms in total. The van der Waals surface area contributed by atoms with E-state index in [4.69, 9.17) is 11.5 Å². The number of amides is 3. The number of benzene rings is 1. The minimum atomic E-state index is -0.928. The number of primary amides is 2. The fourth-order valence-electron chi connectivity index (χ4n) is 2.90. The van der Waals surface area contributed by atoms with E-state index in [0.29, 0.717) is 19.5 Å².